The van der Waals surface area contributed by atoms with Gasteiger partial charge in [-0.15, -0.1) is 0 Å². The van der Waals surface area contributed by atoms with Gasteiger partial charge in [-0.05, 0) is 48.4 Å². The van der Waals surface area contributed by atoms with E-state index >= 15 is 0 Å². The SMILES string of the molecule is Cc1ccc(C2CC2)cc1/C=C\N(C)C=O. The van der Waals surface area contributed by atoms with E-state index in [0.717, 1.165) is 12.3 Å². The molecule has 1 aliphatic rings. The van der Waals surface area contributed by atoms with E-state index in [-0.39, 0.29) is 0 Å². The second-order valence-corrected chi connectivity index (χ2v) is 4.48. The summed E-state index contributed by atoms with van der Waals surface area (Å²) in [5.41, 5.74) is 3.89. The van der Waals surface area contributed by atoms with E-state index in [1.54, 1.807) is 13.2 Å². The van der Waals surface area contributed by atoms with Crippen LogP contribution in [0.3, 0.4) is 0 Å². The first-order valence-electron chi connectivity index (χ1n) is 5.66. The van der Waals surface area contributed by atoms with Gasteiger partial charge in [0, 0.05) is 13.2 Å². The molecule has 1 fully saturated rings. The molecule has 1 aromatic rings. The van der Waals surface area contributed by atoms with Gasteiger partial charge in [0.25, 0.3) is 0 Å². The second kappa shape index (κ2) is 4.52. The Morgan fingerprint density at radius 1 is 1.38 bits per heavy atom. The van der Waals surface area contributed by atoms with Crippen LogP contribution in [-0.4, -0.2) is 18.4 Å². The topological polar surface area (TPSA) is 20.3 Å². The van der Waals surface area contributed by atoms with Crippen LogP contribution < -0.4 is 0 Å². The number of carbonyl (C=O) groups is 1. The van der Waals surface area contributed by atoms with E-state index in [4.69, 9.17) is 0 Å². The summed E-state index contributed by atoms with van der Waals surface area (Å²) >= 11 is 0. The Balaban J connectivity index is 2.21. The molecule has 0 heterocycles. The van der Waals surface area contributed by atoms with Gasteiger partial charge >= 0.3 is 0 Å². The van der Waals surface area contributed by atoms with Crippen LogP contribution in [0, 0.1) is 6.92 Å². The molecule has 1 saturated carbocycles. The molecule has 1 aromatic carbocycles. The number of amides is 1. The van der Waals surface area contributed by atoms with Crippen molar-refractivity contribution >= 4 is 12.5 Å². The lowest BCUT2D eigenvalue weighted by Gasteiger charge is -2.06. The molecule has 0 N–H and O–H groups in total. The molecule has 16 heavy (non-hydrogen) atoms. The molecule has 0 atom stereocenters. The summed E-state index contributed by atoms with van der Waals surface area (Å²) < 4.78 is 0. The van der Waals surface area contributed by atoms with Gasteiger partial charge in [-0.1, -0.05) is 18.2 Å². The van der Waals surface area contributed by atoms with Crippen LogP contribution in [0.25, 0.3) is 6.08 Å². The first-order valence-corrected chi connectivity index (χ1v) is 5.66. The van der Waals surface area contributed by atoms with Crippen molar-refractivity contribution in [2.75, 3.05) is 7.05 Å². The van der Waals surface area contributed by atoms with Crippen molar-refractivity contribution in [2.24, 2.45) is 0 Å². The highest BCUT2D eigenvalue weighted by Gasteiger charge is 2.23. The maximum absolute atomic E-state index is 10.5. The number of hydrogen-bond acceptors (Lipinski definition) is 1. The van der Waals surface area contributed by atoms with Crippen LogP contribution in [-0.2, 0) is 4.79 Å². The molecule has 2 rings (SSSR count). The molecule has 1 aliphatic carbocycles. The van der Waals surface area contributed by atoms with Crippen molar-refractivity contribution in [1.29, 1.82) is 0 Å². The molecule has 84 valence electrons. The summed E-state index contributed by atoms with van der Waals surface area (Å²) in [4.78, 5) is 12.0. The number of nitrogens with zero attached hydrogens (tertiary/aromatic N) is 1. The Morgan fingerprint density at radius 3 is 2.75 bits per heavy atom. The molecule has 0 aromatic heterocycles. The van der Waals surface area contributed by atoms with Gasteiger partial charge in [-0.3, -0.25) is 4.79 Å². The average molecular weight is 215 g/mol. The zero-order valence-corrected chi connectivity index (χ0v) is 9.81. The summed E-state index contributed by atoms with van der Waals surface area (Å²) in [6, 6.07) is 6.62. The maximum atomic E-state index is 10.5. The minimum Gasteiger partial charge on any atom is -0.325 e. The van der Waals surface area contributed by atoms with Gasteiger partial charge in [0.2, 0.25) is 6.41 Å². The van der Waals surface area contributed by atoms with Crippen molar-refractivity contribution in [1.82, 2.24) is 4.90 Å². The molecule has 2 heteroatoms. The fourth-order valence-corrected chi connectivity index (χ4v) is 1.74. The normalized spacial score (nSPS) is 15.4. The highest BCUT2D eigenvalue weighted by molar-refractivity contribution is 5.58. The van der Waals surface area contributed by atoms with Crippen LogP contribution in [0.4, 0.5) is 0 Å². The lowest BCUT2D eigenvalue weighted by atomic mass is 10.0. The van der Waals surface area contributed by atoms with Gasteiger partial charge in [0.05, 0.1) is 0 Å². The fraction of sp³-hybridized carbons (Fsp3) is 0.357. The van der Waals surface area contributed by atoms with E-state index in [0.29, 0.717) is 0 Å². The Bertz CT molecular complexity index is 419. The first kappa shape index (κ1) is 10.9. The number of benzene rings is 1. The molecule has 1 amide bonds. The van der Waals surface area contributed by atoms with Crippen molar-refractivity contribution < 1.29 is 4.79 Å². The van der Waals surface area contributed by atoms with E-state index in [1.165, 1.54) is 34.4 Å². The molecule has 0 radical (unpaired) electrons. The van der Waals surface area contributed by atoms with Gasteiger partial charge in [-0.25, -0.2) is 0 Å². The molecule has 0 unspecified atom stereocenters. The summed E-state index contributed by atoms with van der Waals surface area (Å²) in [5.74, 6) is 0.775. The smallest absolute Gasteiger partial charge is 0.213 e. The van der Waals surface area contributed by atoms with E-state index in [1.807, 2.05) is 6.08 Å². The second-order valence-electron chi connectivity index (χ2n) is 4.48. The van der Waals surface area contributed by atoms with Crippen molar-refractivity contribution in [3.8, 4) is 0 Å². The third-order valence-corrected chi connectivity index (χ3v) is 3.01. The lowest BCUT2D eigenvalue weighted by molar-refractivity contribution is -0.114. The standard InChI is InChI=1S/C14H17NO/c1-11-3-4-14(12-5-6-12)9-13(11)7-8-15(2)10-16/h3-4,7-10,12H,5-6H2,1-2H3/b8-7-. The monoisotopic (exact) mass is 215 g/mol. The van der Waals surface area contributed by atoms with Gasteiger partial charge in [0.1, 0.15) is 0 Å². The zero-order valence-electron chi connectivity index (χ0n) is 9.81. The zero-order chi connectivity index (χ0) is 11.5. The van der Waals surface area contributed by atoms with E-state index < -0.39 is 0 Å². The van der Waals surface area contributed by atoms with Gasteiger partial charge < -0.3 is 4.90 Å². The highest BCUT2D eigenvalue weighted by Crippen LogP contribution is 2.40. The molecular weight excluding hydrogens is 198 g/mol. The Hall–Kier alpha value is -1.57. The molecule has 0 spiro atoms. The fourth-order valence-electron chi connectivity index (χ4n) is 1.74. The maximum Gasteiger partial charge on any atom is 0.213 e. The number of carbonyl (C=O) groups excluding carboxylic acids is 1. The Morgan fingerprint density at radius 2 is 2.12 bits per heavy atom. The van der Waals surface area contributed by atoms with Crippen molar-refractivity contribution in [2.45, 2.75) is 25.7 Å². The molecule has 0 saturated heterocycles. The molecule has 2 nitrogen and oxygen atoms in total. The van der Waals surface area contributed by atoms with Crippen molar-refractivity contribution in [3.63, 3.8) is 0 Å². The van der Waals surface area contributed by atoms with Crippen LogP contribution in [0.5, 0.6) is 0 Å². The van der Waals surface area contributed by atoms with E-state index in [9.17, 15) is 4.79 Å². The number of hydrogen-bond donors (Lipinski definition) is 0. The van der Waals surface area contributed by atoms with Crippen LogP contribution in [0.15, 0.2) is 24.4 Å². The lowest BCUT2D eigenvalue weighted by Crippen LogP contribution is -2.05. The van der Waals surface area contributed by atoms with Crippen LogP contribution in [0.2, 0.25) is 0 Å². The van der Waals surface area contributed by atoms with Crippen LogP contribution >= 0.6 is 0 Å². The first-order chi connectivity index (χ1) is 7.70. The number of rotatable bonds is 4. The molecule has 0 aliphatic heterocycles. The van der Waals surface area contributed by atoms with Crippen LogP contribution in [0.1, 0.15) is 35.4 Å². The number of aryl methyl sites for hydroxylation is 1. The highest BCUT2D eigenvalue weighted by atomic mass is 16.1. The largest absolute Gasteiger partial charge is 0.325 e. The predicted octanol–water partition coefficient (Wildman–Crippen LogP) is 2.93. The molecule has 0 bridgehead atoms. The van der Waals surface area contributed by atoms with Crippen molar-refractivity contribution in [3.05, 3.63) is 41.1 Å². The summed E-state index contributed by atoms with van der Waals surface area (Å²) in [7, 11) is 1.74. The third kappa shape index (κ3) is 2.51. The summed E-state index contributed by atoms with van der Waals surface area (Å²) in [6.45, 7) is 2.09. The summed E-state index contributed by atoms with van der Waals surface area (Å²) in [6.07, 6.45) is 7.24. The van der Waals surface area contributed by atoms with Gasteiger partial charge in [-0.2, -0.15) is 0 Å². The quantitative estimate of drug-likeness (QED) is 0.707. The van der Waals surface area contributed by atoms with Gasteiger partial charge in [0.15, 0.2) is 0 Å². The Kier molecular flexibility index (Phi) is 3.09. The average Bonchev–Trinajstić information content (AvgIpc) is 3.11. The minimum absolute atomic E-state index is 0.775. The predicted molar refractivity (Wildman–Crippen MR) is 66.0 cm³/mol. The third-order valence-electron chi connectivity index (χ3n) is 3.01. The summed E-state index contributed by atoms with van der Waals surface area (Å²) in [5, 5.41) is 0. The minimum atomic E-state index is 0.775. The Labute approximate surface area is 96.6 Å². The van der Waals surface area contributed by atoms with E-state index in [2.05, 4.69) is 25.1 Å². The molecular formula is C14H17NO.